The molecule has 0 radical (unpaired) electrons. The molecule has 0 atom stereocenters. The minimum Gasteiger partial charge on any atom is -0.485 e. The van der Waals surface area contributed by atoms with Crippen LogP contribution in [0.5, 0.6) is 5.75 Å². The number of nitrogen functional groups attached to an aromatic ring is 1. The number of hydrogen-bond acceptors (Lipinski definition) is 5. The van der Waals surface area contributed by atoms with Crippen molar-refractivity contribution in [3.8, 4) is 5.75 Å². The number of benzene rings is 1. The quantitative estimate of drug-likeness (QED) is 0.480. The first-order chi connectivity index (χ1) is 8.70. The fraction of sp³-hybridized carbons (Fsp3) is 0.167. The van der Waals surface area contributed by atoms with E-state index in [1.54, 1.807) is 0 Å². The maximum atomic E-state index is 11.2. The molecule has 94 valence electrons. The number of ether oxygens (including phenoxy) is 1. The van der Waals surface area contributed by atoms with Crippen molar-refractivity contribution in [1.82, 2.24) is 10.6 Å². The zero-order valence-electron chi connectivity index (χ0n) is 9.84. The van der Waals surface area contributed by atoms with Crippen molar-refractivity contribution >= 4 is 5.91 Å². The van der Waals surface area contributed by atoms with Crippen LogP contribution in [0, 0.1) is 6.92 Å². The summed E-state index contributed by atoms with van der Waals surface area (Å²) < 4.78 is 10.5. The molecule has 6 heteroatoms. The lowest BCUT2D eigenvalue weighted by molar-refractivity contribution is 0.0944. The zero-order chi connectivity index (χ0) is 13.0. The fourth-order valence-electron chi connectivity index (χ4n) is 1.43. The third kappa shape index (κ3) is 2.67. The van der Waals surface area contributed by atoms with Crippen molar-refractivity contribution in [3.05, 3.63) is 47.3 Å². The number of nitrogens with zero attached hydrogens (tertiary/aromatic N) is 1. The van der Waals surface area contributed by atoms with E-state index in [0.29, 0.717) is 5.76 Å². The predicted octanol–water partition coefficient (Wildman–Crippen LogP) is 1.17. The first-order valence-electron chi connectivity index (χ1n) is 5.35. The van der Waals surface area contributed by atoms with Gasteiger partial charge in [0.15, 0.2) is 11.5 Å². The van der Waals surface area contributed by atoms with Gasteiger partial charge >= 0.3 is 0 Å². The third-order valence-corrected chi connectivity index (χ3v) is 2.39. The van der Waals surface area contributed by atoms with E-state index in [2.05, 4.69) is 5.16 Å². The van der Waals surface area contributed by atoms with Crippen molar-refractivity contribution in [2.45, 2.75) is 13.5 Å². The first-order valence-corrected chi connectivity index (χ1v) is 5.35. The zero-order valence-corrected chi connectivity index (χ0v) is 9.84. The Bertz CT molecular complexity index is 551. The number of hydrazine groups is 1. The molecule has 1 aromatic heterocycles. The second-order valence-corrected chi connectivity index (χ2v) is 3.71. The van der Waals surface area contributed by atoms with Crippen molar-refractivity contribution in [2.75, 3.05) is 0 Å². The number of nitrogens with two attached hydrogens (primary N) is 1. The van der Waals surface area contributed by atoms with Gasteiger partial charge in [0.2, 0.25) is 0 Å². The number of amides is 1. The highest BCUT2D eigenvalue weighted by atomic mass is 16.5. The summed E-state index contributed by atoms with van der Waals surface area (Å²) in [6.45, 7) is 2.15. The molecule has 2 aromatic rings. The highest BCUT2D eigenvalue weighted by Gasteiger charge is 2.11. The van der Waals surface area contributed by atoms with Crippen molar-refractivity contribution in [1.29, 1.82) is 0 Å². The van der Waals surface area contributed by atoms with Crippen LogP contribution in [0.4, 0.5) is 0 Å². The molecule has 0 bridgehead atoms. The standard InChI is InChI=1S/C12H13N3O3/c1-8-4-2-3-5-11(8)17-7-9-6-10(15-18-9)12(16)14-13/h2-6H,7,13H2,1H3,(H,14,16). The summed E-state index contributed by atoms with van der Waals surface area (Å²) in [5.74, 6) is 5.70. The lowest BCUT2D eigenvalue weighted by Crippen LogP contribution is -2.30. The molecule has 0 aliphatic rings. The molecule has 0 aliphatic heterocycles. The van der Waals surface area contributed by atoms with E-state index in [1.807, 2.05) is 36.6 Å². The molecule has 0 saturated carbocycles. The number of para-hydroxylation sites is 1. The summed E-state index contributed by atoms with van der Waals surface area (Å²) >= 11 is 0. The second kappa shape index (κ2) is 5.33. The van der Waals surface area contributed by atoms with Gasteiger partial charge < -0.3 is 9.26 Å². The topological polar surface area (TPSA) is 90.4 Å². The molecular weight excluding hydrogens is 234 g/mol. The van der Waals surface area contributed by atoms with Crippen LogP contribution >= 0.6 is 0 Å². The number of aryl methyl sites for hydroxylation is 1. The monoisotopic (exact) mass is 247 g/mol. The van der Waals surface area contributed by atoms with Gasteiger partial charge in [-0.05, 0) is 18.6 Å². The maximum Gasteiger partial charge on any atom is 0.287 e. The largest absolute Gasteiger partial charge is 0.485 e. The van der Waals surface area contributed by atoms with Gasteiger partial charge in [-0.25, -0.2) is 5.84 Å². The van der Waals surface area contributed by atoms with Crippen LogP contribution in [0.1, 0.15) is 21.8 Å². The molecule has 6 nitrogen and oxygen atoms in total. The molecule has 0 unspecified atom stereocenters. The number of carbonyl (C=O) groups is 1. The van der Waals surface area contributed by atoms with Crippen LogP contribution in [0.3, 0.4) is 0 Å². The van der Waals surface area contributed by atoms with Crippen LogP contribution in [-0.2, 0) is 6.61 Å². The van der Waals surface area contributed by atoms with Crippen molar-refractivity contribution in [3.63, 3.8) is 0 Å². The van der Waals surface area contributed by atoms with Gasteiger partial charge in [-0.3, -0.25) is 10.2 Å². The summed E-state index contributed by atoms with van der Waals surface area (Å²) in [5, 5.41) is 3.57. The van der Waals surface area contributed by atoms with E-state index in [0.717, 1.165) is 11.3 Å². The Morgan fingerprint density at radius 3 is 3.00 bits per heavy atom. The molecular formula is C12H13N3O3. The molecule has 0 fully saturated rings. The van der Waals surface area contributed by atoms with E-state index in [1.165, 1.54) is 6.07 Å². The van der Waals surface area contributed by atoms with Crippen LogP contribution in [0.2, 0.25) is 0 Å². The molecule has 3 N–H and O–H groups in total. The Hall–Kier alpha value is -2.34. The average molecular weight is 247 g/mol. The molecule has 1 aromatic carbocycles. The summed E-state index contributed by atoms with van der Waals surface area (Å²) in [6, 6.07) is 9.11. The summed E-state index contributed by atoms with van der Waals surface area (Å²) in [4.78, 5) is 11.2. The lowest BCUT2D eigenvalue weighted by atomic mass is 10.2. The van der Waals surface area contributed by atoms with E-state index in [4.69, 9.17) is 15.1 Å². The first kappa shape index (κ1) is 12.1. The number of nitrogens with one attached hydrogen (secondary N) is 1. The van der Waals surface area contributed by atoms with Crippen LogP contribution in [0.15, 0.2) is 34.9 Å². The number of aromatic nitrogens is 1. The predicted molar refractivity (Wildman–Crippen MR) is 63.7 cm³/mol. The van der Waals surface area contributed by atoms with Gasteiger partial charge in [-0.1, -0.05) is 23.4 Å². The van der Waals surface area contributed by atoms with Crippen LogP contribution in [-0.4, -0.2) is 11.1 Å². The highest BCUT2D eigenvalue weighted by molar-refractivity contribution is 5.91. The van der Waals surface area contributed by atoms with E-state index < -0.39 is 5.91 Å². The molecule has 0 spiro atoms. The summed E-state index contributed by atoms with van der Waals surface area (Å²) in [7, 11) is 0. The van der Waals surface area contributed by atoms with Gasteiger partial charge in [0.05, 0.1) is 0 Å². The van der Waals surface area contributed by atoms with Gasteiger partial charge in [0, 0.05) is 6.07 Å². The number of hydrogen-bond donors (Lipinski definition) is 2. The minimum absolute atomic E-state index is 0.126. The van der Waals surface area contributed by atoms with Gasteiger partial charge in [0.25, 0.3) is 5.91 Å². The summed E-state index contributed by atoms with van der Waals surface area (Å²) in [6.07, 6.45) is 0. The van der Waals surface area contributed by atoms with Crippen molar-refractivity contribution in [2.24, 2.45) is 5.84 Å². The summed E-state index contributed by atoms with van der Waals surface area (Å²) in [5.41, 5.74) is 3.13. The van der Waals surface area contributed by atoms with E-state index in [9.17, 15) is 4.79 Å². The minimum atomic E-state index is -0.499. The van der Waals surface area contributed by atoms with E-state index >= 15 is 0 Å². The smallest absolute Gasteiger partial charge is 0.287 e. The molecule has 18 heavy (non-hydrogen) atoms. The normalized spacial score (nSPS) is 10.1. The fourth-order valence-corrected chi connectivity index (χ4v) is 1.43. The van der Waals surface area contributed by atoms with Gasteiger partial charge in [0.1, 0.15) is 12.4 Å². The van der Waals surface area contributed by atoms with Crippen LogP contribution < -0.4 is 16.0 Å². The Balaban J connectivity index is 2.01. The molecule has 0 aliphatic carbocycles. The van der Waals surface area contributed by atoms with Crippen LogP contribution in [0.25, 0.3) is 0 Å². The Morgan fingerprint density at radius 1 is 1.50 bits per heavy atom. The molecule has 2 rings (SSSR count). The Labute approximate surface area is 104 Å². The number of rotatable bonds is 4. The molecule has 1 heterocycles. The van der Waals surface area contributed by atoms with E-state index in [-0.39, 0.29) is 12.3 Å². The Morgan fingerprint density at radius 2 is 2.28 bits per heavy atom. The number of carbonyl (C=O) groups excluding carboxylic acids is 1. The van der Waals surface area contributed by atoms with Gasteiger partial charge in [-0.2, -0.15) is 0 Å². The molecule has 1 amide bonds. The Kier molecular flexibility index (Phi) is 3.59. The van der Waals surface area contributed by atoms with Gasteiger partial charge in [-0.15, -0.1) is 0 Å². The maximum absolute atomic E-state index is 11.2. The second-order valence-electron chi connectivity index (χ2n) is 3.71. The SMILES string of the molecule is Cc1ccccc1OCc1cc(C(=O)NN)no1. The highest BCUT2D eigenvalue weighted by Crippen LogP contribution is 2.18. The molecule has 0 saturated heterocycles. The average Bonchev–Trinajstić information content (AvgIpc) is 2.86. The van der Waals surface area contributed by atoms with Crippen molar-refractivity contribution < 1.29 is 14.1 Å². The lowest BCUT2D eigenvalue weighted by Gasteiger charge is -2.05. The third-order valence-electron chi connectivity index (χ3n) is 2.39.